The quantitative estimate of drug-likeness (QED) is 0.0248. The Kier molecular flexibility index (Phi) is 36.0. The largest absolute Gasteiger partial charge is 0.472 e. The molecule has 3 N–H and O–H groups in total. The number of likely N-dealkylation sites (N-methyl/N-ethyl adjacent to an activating group) is 1. The molecule has 316 valence electrons. The molecule has 3 atom stereocenters. The van der Waals surface area contributed by atoms with Gasteiger partial charge < -0.3 is 19.8 Å². The maximum absolute atomic E-state index is 12.8. The Morgan fingerprint density at radius 2 is 1.11 bits per heavy atom. The van der Waals surface area contributed by atoms with Crippen molar-refractivity contribution in [1.82, 2.24) is 5.32 Å². The van der Waals surface area contributed by atoms with Crippen molar-refractivity contribution in [2.45, 2.75) is 193 Å². The summed E-state index contributed by atoms with van der Waals surface area (Å²) < 4.78 is 23.5. The normalized spacial score (nSPS) is 14.9. The first-order valence-electron chi connectivity index (χ1n) is 22.0. The lowest BCUT2D eigenvalue weighted by Crippen LogP contribution is -2.46. The number of quaternary nitrogens is 1. The van der Waals surface area contributed by atoms with E-state index in [-0.39, 0.29) is 19.1 Å². The fourth-order valence-electron chi connectivity index (χ4n) is 6.09. The highest BCUT2D eigenvalue weighted by atomic mass is 31.2. The zero-order valence-corrected chi connectivity index (χ0v) is 36.6. The average molecular weight is 782 g/mol. The number of unbranched alkanes of at least 4 members (excludes halogenated alkanes) is 18. The van der Waals surface area contributed by atoms with Gasteiger partial charge in [-0.25, -0.2) is 4.57 Å². The highest BCUT2D eigenvalue weighted by Crippen LogP contribution is 2.43. The van der Waals surface area contributed by atoms with Crippen LogP contribution in [-0.4, -0.2) is 73.4 Å². The topological polar surface area (TPSA) is 105 Å². The zero-order valence-electron chi connectivity index (χ0n) is 35.7. The second-order valence-electron chi connectivity index (χ2n) is 16.0. The number of allylic oxidation sites excluding steroid dienone is 8. The van der Waals surface area contributed by atoms with Gasteiger partial charge in [-0.15, -0.1) is 0 Å². The third-order valence-electron chi connectivity index (χ3n) is 9.59. The van der Waals surface area contributed by atoms with Crippen molar-refractivity contribution >= 4 is 13.7 Å². The lowest BCUT2D eigenvalue weighted by atomic mass is 10.0. The molecule has 0 radical (unpaired) electrons. The number of phosphoric acid groups is 1. The summed E-state index contributed by atoms with van der Waals surface area (Å²) in [6.07, 6.45) is 45.9. The summed E-state index contributed by atoms with van der Waals surface area (Å²) >= 11 is 0. The van der Waals surface area contributed by atoms with E-state index in [1.807, 2.05) is 21.1 Å². The van der Waals surface area contributed by atoms with E-state index in [2.05, 4.69) is 67.8 Å². The molecule has 0 aliphatic carbocycles. The molecule has 0 aromatic rings. The van der Waals surface area contributed by atoms with Crippen LogP contribution >= 0.6 is 7.82 Å². The highest BCUT2D eigenvalue weighted by Gasteiger charge is 2.28. The molecule has 1 amide bonds. The van der Waals surface area contributed by atoms with Crippen LogP contribution in [0.3, 0.4) is 0 Å². The molecule has 0 fully saturated rings. The van der Waals surface area contributed by atoms with E-state index in [9.17, 15) is 19.4 Å². The van der Waals surface area contributed by atoms with E-state index >= 15 is 0 Å². The maximum Gasteiger partial charge on any atom is 0.472 e. The van der Waals surface area contributed by atoms with Gasteiger partial charge >= 0.3 is 7.82 Å². The third-order valence-corrected chi connectivity index (χ3v) is 10.6. The van der Waals surface area contributed by atoms with Crippen molar-refractivity contribution in [3.8, 4) is 0 Å². The van der Waals surface area contributed by atoms with Gasteiger partial charge in [0.25, 0.3) is 0 Å². The van der Waals surface area contributed by atoms with Gasteiger partial charge in [0.2, 0.25) is 5.91 Å². The van der Waals surface area contributed by atoms with Crippen LogP contribution in [0.4, 0.5) is 0 Å². The molecule has 0 saturated heterocycles. The minimum atomic E-state index is -4.30. The molecule has 8 nitrogen and oxygen atoms in total. The number of carbonyl (C=O) groups excluding carboxylic acids is 1. The Hall–Kier alpha value is -1.54. The Morgan fingerprint density at radius 1 is 0.648 bits per heavy atom. The molecule has 0 aliphatic rings. The number of rotatable bonds is 39. The number of amides is 1. The van der Waals surface area contributed by atoms with Gasteiger partial charge in [0.05, 0.1) is 39.9 Å². The van der Waals surface area contributed by atoms with Crippen molar-refractivity contribution in [2.75, 3.05) is 40.9 Å². The molecule has 0 bridgehead atoms. The van der Waals surface area contributed by atoms with Gasteiger partial charge in [-0.1, -0.05) is 172 Å². The van der Waals surface area contributed by atoms with Crippen molar-refractivity contribution in [1.29, 1.82) is 0 Å². The van der Waals surface area contributed by atoms with Crippen LogP contribution in [0.5, 0.6) is 0 Å². The average Bonchev–Trinajstić information content (AvgIpc) is 3.12. The minimum absolute atomic E-state index is 0.0725. The predicted octanol–water partition coefficient (Wildman–Crippen LogP) is 12.1. The second-order valence-corrected chi connectivity index (χ2v) is 17.5. The number of phosphoric ester groups is 1. The van der Waals surface area contributed by atoms with Crippen LogP contribution in [0.15, 0.2) is 48.6 Å². The first-order valence-corrected chi connectivity index (χ1v) is 23.5. The molecule has 0 spiro atoms. The monoisotopic (exact) mass is 782 g/mol. The number of hydrogen-bond acceptors (Lipinski definition) is 5. The number of hydrogen-bond donors (Lipinski definition) is 3. The van der Waals surface area contributed by atoms with Crippen LogP contribution in [0.2, 0.25) is 0 Å². The van der Waals surface area contributed by atoms with Gasteiger partial charge in [-0.05, 0) is 51.4 Å². The molecule has 0 aromatic carbocycles. The van der Waals surface area contributed by atoms with E-state index in [1.165, 1.54) is 89.9 Å². The van der Waals surface area contributed by atoms with Gasteiger partial charge in [0.1, 0.15) is 13.2 Å². The van der Waals surface area contributed by atoms with Gasteiger partial charge in [0, 0.05) is 6.42 Å². The molecule has 54 heavy (non-hydrogen) atoms. The van der Waals surface area contributed by atoms with Crippen molar-refractivity contribution in [3.63, 3.8) is 0 Å². The highest BCUT2D eigenvalue weighted by molar-refractivity contribution is 7.47. The molecular formula is C45H86N2O6P+. The zero-order chi connectivity index (χ0) is 40.0. The Morgan fingerprint density at radius 3 is 1.63 bits per heavy atom. The van der Waals surface area contributed by atoms with Crippen LogP contribution in [0.1, 0.15) is 181 Å². The summed E-state index contributed by atoms with van der Waals surface area (Å²) in [7, 11) is 1.61. The van der Waals surface area contributed by atoms with E-state index < -0.39 is 20.0 Å². The molecule has 9 heteroatoms. The SMILES string of the molecule is CC/C=C\C/C=C\C/C=C\C/C=C\CCCCCCCCCCCCCCC(=O)NC(COP(=O)(O)OCC[N+](C)(C)C)C(O)CCCCCCCCC. The molecule has 0 rings (SSSR count). The third kappa shape index (κ3) is 38.7. The van der Waals surface area contributed by atoms with E-state index in [0.29, 0.717) is 23.9 Å². The standard InChI is InChI=1S/C45H85N2O6P/c1-6-8-10-12-14-15-16-17-18-19-20-21-22-23-24-25-26-27-28-29-30-31-33-35-37-39-45(49)46-43(44(48)38-36-34-32-13-11-9-7-2)42-53-54(50,51)52-41-40-47(3,4)5/h8,10,14-15,17-18,20-21,43-44,48H,6-7,9,11-13,16,19,22-42H2,1-5H3,(H-,46,49,50,51)/p+1/b10-8-,15-14-,18-17-,21-20-. The fourth-order valence-corrected chi connectivity index (χ4v) is 6.83. The van der Waals surface area contributed by atoms with Crippen LogP contribution < -0.4 is 5.32 Å². The van der Waals surface area contributed by atoms with Gasteiger partial charge in [0.15, 0.2) is 0 Å². The molecular weight excluding hydrogens is 695 g/mol. The summed E-state index contributed by atoms with van der Waals surface area (Å²) in [4.78, 5) is 23.0. The maximum atomic E-state index is 12.8. The van der Waals surface area contributed by atoms with E-state index in [4.69, 9.17) is 9.05 Å². The van der Waals surface area contributed by atoms with Crippen LogP contribution in [-0.2, 0) is 18.4 Å². The lowest BCUT2D eigenvalue weighted by Gasteiger charge is -2.26. The second kappa shape index (κ2) is 37.1. The van der Waals surface area contributed by atoms with Crippen molar-refractivity contribution in [3.05, 3.63) is 48.6 Å². The Bertz CT molecular complexity index is 1020. The number of nitrogens with one attached hydrogen (secondary N) is 1. The number of aliphatic hydroxyl groups excluding tert-OH is 1. The molecule has 0 aliphatic heterocycles. The molecule has 0 aromatic heterocycles. The summed E-state index contributed by atoms with van der Waals surface area (Å²) in [5, 5.41) is 13.8. The number of aliphatic hydroxyl groups is 1. The van der Waals surface area contributed by atoms with Gasteiger partial charge in [-0.3, -0.25) is 13.8 Å². The molecule has 0 heterocycles. The fraction of sp³-hybridized carbons (Fsp3) is 0.800. The molecule has 0 saturated carbocycles. The Balaban J connectivity index is 4.10. The van der Waals surface area contributed by atoms with Gasteiger partial charge in [-0.2, -0.15) is 0 Å². The molecule has 3 unspecified atom stereocenters. The first kappa shape index (κ1) is 52.5. The summed E-state index contributed by atoms with van der Waals surface area (Å²) in [6, 6.07) is -0.759. The predicted molar refractivity (Wildman–Crippen MR) is 231 cm³/mol. The summed E-state index contributed by atoms with van der Waals surface area (Å²) in [6.45, 7) is 4.71. The minimum Gasteiger partial charge on any atom is -0.391 e. The van der Waals surface area contributed by atoms with Crippen LogP contribution in [0.25, 0.3) is 0 Å². The van der Waals surface area contributed by atoms with Crippen LogP contribution in [0, 0.1) is 0 Å². The lowest BCUT2D eigenvalue weighted by molar-refractivity contribution is -0.870. The Labute approximate surface area is 333 Å². The van der Waals surface area contributed by atoms with E-state index in [0.717, 1.165) is 64.2 Å². The number of carbonyl (C=O) groups is 1. The van der Waals surface area contributed by atoms with E-state index in [1.54, 1.807) is 0 Å². The van der Waals surface area contributed by atoms with Crippen molar-refractivity contribution < 1.29 is 32.9 Å². The number of nitrogens with zero attached hydrogens (tertiary/aromatic N) is 1. The first-order chi connectivity index (χ1) is 26.0. The van der Waals surface area contributed by atoms with Crippen molar-refractivity contribution in [2.24, 2.45) is 0 Å². The summed E-state index contributed by atoms with van der Waals surface area (Å²) in [5.74, 6) is -0.153. The smallest absolute Gasteiger partial charge is 0.391 e. The summed E-state index contributed by atoms with van der Waals surface area (Å²) in [5.41, 5.74) is 0.